The Labute approximate surface area is 126 Å². The molecule has 0 aromatic heterocycles. The van der Waals surface area contributed by atoms with Gasteiger partial charge in [0.05, 0.1) is 12.2 Å². The summed E-state index contributed by atoms with van der Waals surface area (Å²) in [6, 6.07) is 13.3. The van der Waals surface area contributed by atoms with Crippen LogP contribution in [0.5, 0.6) is 11.5 Å². The average molecular weight is 299 g/mol. The van der Waals surface area contributed by atoms with E-state index in [4.69, 9.17) is 14.6 Å². The van der Waals surface area contributed by atoms with Crippen LogP contribution in [-0.4, -0.2) is 18.3 Å². The molecule has 4 nitrogen and oxygen atoms in total. The molecule has 2 aromatic carbocycles. The van der Waals surface area contributed by atoms with Crippen molar-refractivity contribution in [2.75, 3.05) is 13.2 Å². The van der Waals surface area contributed by atoms with E-state index in [9.17, 15) is 5.26 Å². The number of rotatable bonds is 3. The van der Waals surface area contributed by atoms with Crippen molar-refractivity contribution in [3.63, 3.8) is 0 Å². The van der Waals surface area contributed by atoms with Gasteiger partial charge in [-0.1, -0.05) is 17.8 Å². The highest BCUT2D eigenvalue weighted by molar-refractivity contribution is 7.99. The fraction of sp³-hybridized carbons (Fsp3) is 0.188. The Bertz CT molecular complexity index is 709. The Morgan fingerprint density at radius 1 is 1.10 bits per heavy atom. The zero-order valence-corrected chi connectivity index (χ0v) is 12.0. The fourth-order valence-corrected chi connectivity index (χ4v) is 2.97. The fourth-order valence-electron chi connectivity index (χ4n) is 2.07. The van der Waals surface area contributed by atoms with Crippen LogP contribution >= 0.6 is 11.8 Å². The molecule has 21 heavy (non-hydrogen) atoms. The zero-order valence-electron chi connectivity index (χ0n) is 11.2. The molecule has 1 heterocycles. The zero-order chi connectivity index (χ0) is 14.7. The van der Waals surface area contributed by atoms with Crippen LogP contribution in [0.4, 0.5) is 0 Å². The van der Waals surface area contributed by atoms with Gasteiger partial charge < -0.3 is 14.6 Å². The molecule has 0 unspecified atom stereocenters. The highest BCUT2D eigenvalue weighted by Crippen LogP contribution is 2.37. The van der Waals surface area contributed by atoms with E-state index in [1.807, 2.05) is 30.3 Å². The van der Waals surface area contributed by atoms with Crippen molar-refractivity contribution in [1.29, 1.82) is 5.26 Å². The van der Waals surface area contributed by atoms with Crippen LogP contribution in [0.1, 0.15) is 11.1 Å². The van der Waals surface area contributed by atoms with Gasteiger partial charge in [0, 0.05) is 9.79 Å². The molecule has 106 valence electrons. The minimum atomic E-state index is -0.0658. The van der Waals surface area contributed by atoms with E-state index in [0.717, 1.165) is 26.9 Å². The second-order valence-corrected chi connectivity index (χ2v) is 5.62. The van der Waals surface area contributed by atoms with E-state index in [-0.39, 0.29) is 6.61 Å². The predicted octanol–water partition coefficient (Wildman–Crippen LogP) is 2.97. The summed E-state index contributed by atoms with van der Waals surface area (Å²) >= 11 is 1.49. The third-order valence-corrected chi connectivity index (χ3v) is 4.15. The van der Waals surface area contributed by atoms with Gasteiger partial charge in [-0.15, -0.1) is 0 Å². The van der Waals surface area contributed by atoms with Crippen molar-refractivity contribution in [2.45, 2.75) is 16.4 Å². The quantitative estimate of drug-likeness (QED) is 0.944. The summed E-state index contributed by atoms with van der Waals surface area (Å²) in [5, 5.41) is 18.3. The molecule has 0 saturated carbocycles. The number of hydrogen-bond donors (Lipinski definition) is 1. The minimum Gasteiger partial charge on any atom is -0.486 e. The number of aliphatic hydroxyl groups is 1. The summed E-state index contributed by atoms with van der Waals surface area (Å²) in [7, 11) is 0. The maximum absolute atomic E-state index is 9.22. The molecule has 0 atom stereocenters. The van der Waals surface area contributed by atoms with Crippen molar-refractivity contribution in [1.82, 2.24) is 0 Å². The van der Waals surface area contributed by atoms with Crippen LogP contribution in [0, 0.1) is 11.3 Å². The van der Waals surface area contributed by atoms with Crippen molar-refractivity contribution in [3.8, 4) is 17.6 Å². The number of aliphatic hydroxyl groups excluding tert-OH is 1. The third kappa shape index (κ3) is 2.97. The van der Waals surface area contributed by atoms with Gasteiger partial charge in [0.15, 0.2) is 11.5 Å². The lowest BCUT2D eigenvalue weighted by molar-refractivity contribution is 0.171. The molecule has 0 fully saturated rings. The molecule has 0 aliphatic carbocycles. The summed E-state index contributed by atoms with van der Waals surface area (Å²) in [6.07, 6.45) is 0. The number of nitriles is 1. The highest BCUT2D eigenvalue weighted by atomic mass is 32.2. The molecule has 0 saturated heterocycles. The Morgan fingerprint density at radius 3 is 2.67 bits per heavy atom. The molecule has 0 bridgehead atoms. The molecule has 5 heteroatoms. The first-order valence-corrected chi connectivity index (χ1v) is 7.33. The molecule has 3 rings (SSSR count). The van der Waals surface area contributed by atoms with E-state index >= 15 is 0 Å². The Hall–Kier alpha value is -2.16. The van der Waals surface area contributed by atoms with Gasteiger partial charge in [-0.2, -0.15) is 5.26 Å². The first-order chi connectivity index (χ1) is 10.3. The number of benzene rings is 2. The molecular weight excluding hydrogens is 286 g/mol. The molecule has 0 spiro atoms. The van der Waals surface area contributed by atoms with Crippen LogP contribution in [0.2, 0.25) is 0 Å². The Balaban J connectivity index is 1.88. The lowest BCUT2D eigenvalue weighted by atomic mass is 10.1. The van der Waals surface area contributed by atoms with Crippen LogP contribution in [0.15, 0.2) is 46.2 Å². The second-order valence-electron chi connectivity index (χ2n) is 4.51. The van der Waals surface area contributed by atoms with Gasteiger partial charge in [-0.05, 0) is 35.9 Å². The van der Waals surface area contributed by atoms with Crippen LogP contribution in [0.25, 0.3) is 0 Å². The average Bonchev–Trinajstić information content (AvgIpc) is 2.55. The molecule has 1 aliphatic heterocycles. The van der Waals surface area contributed by atoms with Gasteiger partial charge in [0.1, 0.15) is 19.3 Å². The van der Waals surface area contributed by atoms with Crippen molar-refractivity contribution in [2.24, 2.45) is 0 Å². The molecule has 1 N–H and O–H groups in total. The molecule has 0 amide bonds. The van der Waals surface area contributed by atoms with Crippen molar-refractivity contribution < 1.29 is 14.6 Å². The van der Waals surface area contributed by atoms with E-state index in [2.05, 4.69) is 6.07 Å². The van der Waals surface area contributed by atoms with Gasteiger partial charge >= 0.3 is 0 Å². The van der Waals surface area contributed by atoms with Crippen LogP contribution < -0.4 is 9.47 Å². The Kier molecular flexibility index (Phi) is 4.00. The molecular formula is C16H13NO3S. The first kappa shape index (κ1) is 13.8. The molecule has 2 aromatic rings. The van der Waals surface area contributed by atoms with Gasteiger partial charge in [0.25, 0.3) is 0 Å². The van der Waals surface area contributed by atoms with Gasteiger partial charge in [-0.25, -0.2) is 0 Å². The number of ether oxygens (including phenoxy) is 2. The van der Waals surface area contributed by atoms with E-state index in [1.165, 1.54) is 11.8 Å². The number of nitrogens with zero attached hydrogens (tertiary/aromatic N) is 1. The molecule has 0 radical (unpaired) electrons. The predicted molar refractivity (Wildman–Crippen MR) is 78.6 cm³/mol. The summed E-state index contributed by atoms with van der Waals surface area (Å²) in [5.41, 5.74) is 1.29. The SMILES string of the molecule is N#Cc1cc(CO)ccc1Sc1ccc2c(c1)OCCO2. The summed E-state index contributed by atoms with van der Waals surface area (Å²) in [5.74, 6) is 1.48. The lowest BCUT2D eigenvalue weighted by Crippen LogP contribution is -2.15. The Morgan fingerprint density at radius 2 is 1.90 bits per heavy atom. The standard InChI is InChI=1S/C16H13NO3S/c17-9-12-7-11(10-18)1-4-16(12)21-13-2-3-14-15(8-13)20-6-5-19-14/h1-4,7-8,18H,5-6,10H2. The summed E-state index contributed by atoms with van der Waals surface area (Å²) < 4.78 is 11.0. The van der Waals surface area contributed by atoms with E-state index in [1.54, 1.807) is 6.07 Å². The maximum Gasteiger partial charge on any atom is 0.162 e. The van der Waals surface area contributed by atoms with Crippen LogP contribution in [-0.2, 0) is 6.61 Å². The largest absolute Gasteiger partial charge is 0.486 e. The number of fused-ring (bicyclic) bond motifs is 1. The topological polar surface area (TPSA) is 62.5 Å². The molecule has 1 aliphatic rings. The van der Waals surface area contributed by atoms with Crippen molar-refractivity contribution >= 4 is 11.8 Å². The van der Waals surface area contributed by atoms with E-state index in [0.29, 0.717) is 18.8 Å². The minimum absolute atomic E-state index is 0.0658. The third-order valence-electron chi connectivity index (χ3n) is 3.09. The summed E-state index contributed by atoms with van der Waals surface area (Å²) in [6.45, 7) is 1.06. The van der Waals surface area contributed by atoms with Gasteiger partial charge in [-0.3, -0.25) is 0 Å². The lowest BCUT2D eigenvalue weighted by Gasteiger charge is -2.18. The van der Waals surface area contributed by atoms with Gasteiger partial charge in [0.2, 0.25) is 0 Å². The smallest absolute Gasteiger partial charge is 0.162 e. The van der Waals surface area contributed by atoms with E-state index < -0.39 is 0 Å². The first-order valence-electron chi connectivity index (χ1n) is 6.51. The van der Waals surface area contributed by atoms with Crippen molar-refractivity contribution in [3.05, 3.63) is 47.5 Å². The number of hydrogen-bond acceptors (Lipinski definition) is 5. The second kappa shape index (κ2) is 6.08. The summed E-state index contributed by atoms with van der Waals surface area (Å²) in [4.78, 5) is 1.83. The van der Waals surface area contributed by atoms with Crippen LogP contribution in [0.3, 0.4) is 0 Å². The normalized spacial score (nSPS) is 12.8. The maximum atomic E-state index is 9.22. The monoisotopic (exact) mass is 299 g/mol. The highest BCUT2D eigenvalue weighted by Gasteiger charge is 2.13.